The molecule has 5 aliphatic heterocycles. The maximum atomic E-state index is 13.5. The third kappa shape index (κ3) is 9.25. The first-order valence-corrected chi connectivity index (χ1v) is 21.0. The number of hydrogen-bond acceptors (Lipinski definition) is 11. The van der Waals surface area contributed by atoms with Crippen molar-refractivity contribution in [2.24, 2.45) is 11.8 Å². The van der Waals surface area contributed by atoms with Gasteiger partial charge in [0, 0.05) is 82.3 Å². The third-order valence-electron chi connectivity index (χ3n) is 12.9. The largest absolute Gasteiger partial charge is 0.417 e. The van der Waals surface area contributed by atoms with E-state index in [4.69, 9.17) is 5.26 Å². The summed E-state index contributed by atoms with van der Waals surface area (Å²) >= 11 is 0. The van der Waals surface area contributed by atoms with Crippen molar-refractivity contribution in [3.63, 3.8) is 0 Å². The molecule has 0 spiro atoms. The third-order valence-corrected chi connectivity index (χ3v) is 12.9. The zero-order valence-electron chi connectivity index (χ0n) is 33.8. The lowest BCUT2D eigenvalue weighted by Gasteiger charge is -2.38. The van der Waals surface area contributed by atoms with Gasteiger partial charge in [-0.15, -0.1) is 0 Å². The van der Waals surface area contributed by atoms with Crippen LogP contribution in [0.4, 0.5) is 30.4 Å². The van der Waals surface area contributed by atoms with Gasteiger partial charge in [0.1, 0.15) is 11.9 Å². The monoisotopic (exact) mass is 839 g/mol. The van der Waals surface area contributed by atoms with Gasteiger partial charge < -0.3 is 20.0 Å². The number of piperidine rings is 3. The van der Waals surface area contributed by atoms with Crippen LogP contribution in [0.2, 0.25) is 0 Å². The zero-order valence-corrected chi connectivity index (χ0v) is 33.8. The van der Waals surface area contributed by atoms with Gasteiger partial charge in [-0.25, -0.2) is 4.98 Å². The summed E-state index contributed by atoms with van der Waals surface area (Å²) in [6.07, 6.45) is 1.48. The van der Waals surface area contributed by atoms with Crippen LogP contribution in [0.5, 0.6) is 0 Å². The molecule has 2 aromatic carbocycles. The zero-order chi connectivity index (χ0) is 42.8. The average molecular weight is 840 g/mol. The molecular weight excluding hydrogens is 792 g/mol. The van der Waals surface area contributed by atoms with Crippen LogP contribution in [-0.4, -0.2) is 121 Å². The summed E-state index contributed by atoms with van der Waals surface area (Å²) in [5.74, 6) is -1.43. The summed E-state index contributed by atoms with van der Waals surface area (Å²) < 4.78 is 40.4. The number of piperazine rings is 1. The second-order valence-electron chi connectivity index (χ2n) is 16.6. The molecule has 14 nitrogen and oxygen atoms in total. The molecule has 1 unspecified atom stereocenters. The Hall–Kier alpha value is -5.86. The van der Waals surface area contributed by atoms with E-state index in [1.807, 2.05) is 29.3 Å². The molecule has 0 bridgehead atoms. The number of rotatable bonds is 10. The summed E-state index contributed by atoms with van der Waals surface area (Å²) in [5, 5.41) is 14.2. The summed E-state index contributed by atoms with van der Waals surface area (Å²) in [4.78, 5) is 78.0. The van der Waals surface area contributed by atoms with Gasteiger partial charge in [-0.3, -0.25) is 39.1 Å². The van der Waals surface area contributed by atoms with Crippen molar-refractivity contribution in [3.05, 3.63) is 82.5 Å². The number of hydrogen-bond donors (Lipinski definition) is 2. The highest BCUT2D eigenvalue weighted by Gasteiger charge is 2.45. The molecular formula is C44H48F3N9O5. The molecule has 3 aromatic rings. The lowest BCUT2D eigenvalue weighted by molar-refractivity contribution is -0.138. The smallest absolute Gasteiger partial charge is 0.371 e. The van der Waals surface area contributed by atoms with E-state index in [-0.39, 0.29) is 30.2 Å². The lowest BCUT2D eigenvalue weighted by atomic mass is 9.90. The number of halogens is 3. The molecule has 8 rings (SSSR count). The first-order valence-electron chi connectivity index (χ1n) is 21.0. The molecule has 61 heavy (non-hydrogen) atoms. The fourth-order valence-electron chi connectivity index (χ4n) is 9.22. The Morgan fingerprint density at radius 1 is 0.787 bits per heavy atom. The number of pyridine rings is 1. The number of nitrogens with zero attached hydrogens (tertiary/aromatic N) is 7. The summed E-state index contributed by atoms with van der Waals surface area (Å²) in [6, 6.07) is 13.5. The number of alkyl halides is 3. The maximum absolute atomic E-state index is 13.5. The van der Waals surface area contributed by atoms with Crippen LogP contribution in [-0.2, 0) is 27.0 Å². The predicted octanol–water partition coefficient (Wildman–Crippen LogP) is 4.31. The van der Waals surface area contributed by atoms with Gasteiger partial charge in [0.15, 0.2) is 0 Å². The Kier molecular flexibility index (Phi) is 12.1. The first kappa shape index (κ1) is 41.9. The number of aromatic nitrogens is 1. The van der Waals surface area contributed by atoms with Gasteiger partial charge in [-0.2, -0.15) is 18.4 Å². The van der Waals surface area contributed by atoms with Crippen molar-refractivity contribution < 1.29 is 37.1 Å². The van der Waals surface area contributed by atoms with E-state index in [9.17, 15) is 37.1 Å². The van der Waals surface area contributed by atoms with Crippen LogP contribution in [0.25, 0.3) is 0 Å². The molecule has 2 N–H and O–H groups in total. The highest BCUT2D eigenvalue weighted by Crippen LogP contribution is 2.36. The van der Waals surface area contributed by atoms with Crippen molar-refractivity contribution in [2.75, 3.05) is 80.6 Å². The van der Waals surface area contributed by atoms with Gasteiger partial charge in [0.25, 0.3) is 11.8 Å². The van der Waals surface area contributed by atoms with E-state index in [1.54, 1.807) is 18.2 Å². The molecule has 0 aliphatic carbocycles. The van der Waals surface area contributed by atoms with Crippen LogP contribution in [0.3, 0.4) is 0 Å². The van der Waals surface area contributed by atoms with Crippen molar-refractivity contribution in [2.45, 2.75) is 57.2 Å². The Morgan fingerprint density at radius 3 is 2.10 bits per heavy atom. The van der Waals surface area contributed by atoms with E-state index in [1.165, 1.54) is 12.1 Å². The van der Waals surface area contributed by atoms with Crippen molar-refractivity contribution in [1.82, 2.24) is 25.0 Å². The Labute approximate surface area is 351 Å². The van der Waals surface area contributed by atoms with E-state index < -0.39 is 47.0 Å². The first-order chi connectivity index (χ1) is 29.3. The second kappa shape index (κ2) is 17.6. The Bertz CT molecular complexity index is 2220. The minimum Gasteiger partial charge on any atom is -0.371 e. The minimum absolute atomic E-state index is 0.0818. The lowest BCUT2D eigenvalue weighted by Crippen LogP contribution is -2.54. The fraction of sp³-hybridized carbons (Fsp3) is 0.477. The van der Waals surface area contributed by atoms with E-state index in [0.29, 0.717) is 48.9 Å². The van der Waals surface area contributed by atoms with Gasteiger partial charge in [-0.05, 0) is 106 Å². The number of anilines is 3. The van der Waals surface area contributed by atoms with Crippen LogP contribution < -0.4 is 20.4 Å². The minimum atomic E-state index is -4.62. The number of benzene rings is 2. The molecule has 0 radical (unpaired) electrons. The predicted molar refractivity (Wildman–Crippen MR) is 219 cm³/mol. The quantitative estimate of drug-likeness (QED) is 0.280. The number of nitriles is 1. The van der Waals surface area contributed by atoms with Crippen LogP contribution >= 0.6 is 0 Å². The maximum Gasteiger partial charge on any atom is 0.417 e. The Balaban J connectivity index is 0.728. The molecule has 17 heteroatoms. The second-order valence-corrected chi connectivity index (χ2v) is 16.6. The van der Waals surface area contributed by atoms with Crippen LogP contribution in [0.15, 0.2) is 54.7 Å². The molecule has 6 heterocycles. The number of likely N-dealkylation sites (tertiary alicyclic amines) is 1. The summed E-state index contributed by atoms with van der Waals surface area (Å²) in [5.41, 5.74) is 1.59. The van der Waals surface area contributed by atoms with Gasteiger partial charge in [-0.1, -0.05) is 6.07 Å². The molecule has 4 saturated heterocycles. The van der Waals surface area contributed by atoms with Crippen molar-refractivity contribution in [1.29, 1.82) is 5.26 Å². The standard InChI is InChI=1S/C44H48F3N9O5/c45-44(46,47)36-25-33(3-2-31(36)26-48)54-15-11-30(12-16-54)40(58)50-38-7-1-29(27-49-38)23-28-9-13-52(14-10-28)17-18-53-19-21-55(22-20-53)32-4-5-34-35(24-32)43(61)56(42(34)60)37-6-8-39(57)51-41(37)59/h1-5,7,24-25,27-28,30,37H,6,8-23H2,(H,49,50,58)(H,51,57,59). The van der Waals surface area contributed by atoms with Gasteiger partial charge in [0.05, 0.1) is 28.3 Å². The SMILES string of the molecule is N#Cc1ccc(N2CCC(C(=O)Nc3ccc(CC4CCN(CCN5CCN(c6ccc7c(c6)C(=O)N(C6CCC(=O)NC6=O)C7=O)CC5)CC4)cn3)CC2)cc1C(F)(F)F. The molecule has 0 saturated carbocycles. The summed E-state index contributed by atoms with van der Waals surface area (Å²) in [7, 11) is 0. The number of fused-ring (bicyclic) bond motifs is 1. The number of carbonyl (C=O) groups excluding carboxylic acids is 5. The van der Waals surface area contributed by atoms with Crippen LogP contribution in [0.1, 0.15) is 75.9 Å². The molecule has 320 valence electrons. The topological polar surface area (TPSA) is 162 Å². The fourth-order valence-corrected chi connectivity index (χ4v) is 9.22. The van der Waals surface area contributed by atoms with Crippen molar-refractivity contribution in [3.8, 4) is 6.07 Å². The highest BCUT2D eigenvalue weighted by atomic mass is 19.4. The Morgan fingerprint density at radius 2 is 1.44 bits per heavy atom. The van der Waals surface area contributed by atoms with E-state index in [2.05, 4.69) is 30.3 Å². The molecule has 1 atom stereocenters. The van der Waals surface area contributed by atoms with Gasteiger partial charge >= 0.3 is 6.18 Å². The number of carbonyl (C=O) groups is 5. The average Bonchev–Trinajstić information content (AvgIpc) is 3.51. The molecule has 5 amide bonds. The molecule has 5 aliphatic rings. The molecule has 4 fully saturated rings. The number of amides is 5. The van der Waals surface area contributed by atoms with Gasteiger partial charge in [0.2, 0.25) is 17.7 Å². The van der Waals surface area contributed by atoms with E-state index in [0.717, 1.165) is 93.8 Å². The van der Waals surface area contributed by atoms with Crippen LogP contribution in [0, 0.1) is 23.2 Å². The number of imide groups is 2. The molecule has 1 aromatic heterocycles. The normalized spacial score (nSPS) is 21.1. The van der Waals surface area contributed by atoms with Crippen molar-refractivity contribution >= 4 is 46.7 Å². The highest BCUT2D eigenvalue weighted by molar-refractivity contribution is 6.23. The number of nitrogens with one attached hydrogen (secondary N) is 2. The van der Waals surface area contributed by atoms with E-state index >= 15 is 0 Å². The summed E-state index contributed by atoms with van der Waals surface area (Å²) in [6.45, 7) is 8.18.